The predicted molar refractivity (Wildman–Crippen MR) is 98.2 cm³/mol. The Morgan fingerprint density at radius 2 is 1.76 bits per heavy atom. The summed E-state index contributed by atoms with van der Waals surface area (Å²) < 4.78 is 2.15. The lowest BCUT2D eigenvalue weighted by Gasteiger charge is -2.20. The van der Waals surface area contributed by atoms with Crippen molar-refractivity contribution in [3.8, 4) is 0 Å². The Balaban J connectivity index is 2.30. The Labute approximate surface area is 148 Å². The van der Waals surface area contributed by atoms with Gasteiger partial charge in [-0.3, -0.25) is 0 Å². The number of likely N-dealkylation sites (N-methyl/N-ethyl adjacent to an activating group) is 1. The molecule has 0 aliphatic rings. The summed E-state index contributed by atoms with van der Waals surface area (Å²) in [7, 11) is 0. The van der Waals surface area contributed by atoms with Gasteiger partial charge in [0.2, 0.25) is 0 Å². The molecule has 2 aromatic rings. The second kappa shape index (κ2) is 7.77. The van der Waals surface area contributed by atoms with Gasteiger partial charge in [-0.05, 0) is 60.8 Å². The highest BCUT2D eigenvalue weighted by Gasteiger charge is 2.14. The lowest BCUT2D eigenvalue weighted by molar-refractivity contribution is 0.549. The molecule has 21 heavy (non-hydrogen) atoms. The predicted octanol–water partition coefficient (Wildman–Crippen LogP) is 6.07. The van der Waals surface area contributed by atoms with E-state index in [1.54, 1.807) is 0 Å². The van der Waals surface area contributed by atoms with Gasteiger partial charge in [0.15, 0.2) is 0 Å². The van der Waals surface area contributed by atoms with Gasteiger partial charge in [0, 0.05) is 20.0 Å². The van der Waals surface area contributed by atoms with E-state index in [1.807, 2.05) is 12.1 Å². The van der Waals surface area contributed by atoms with Crippen molar-refractivity contribution in [3.05, 3.63) is 67.1 Å². The fourth-order valence-corrected chi connectivity index (χ4v) is 4.01. The molecule has 0 saturated carbocycles. The van der Waals surface area contributed by atoms with Gasteiger partial charge in [-0.2, -0.15) is 0 Å². The molecule has 0 aliphatic heterocycles. The summed E-state index contributed by atoms with van der Waals surface area (Å²) >= 11 is 13.5. The van der Waals surface area contributed by atoms with Crippen LogP contribution in [0.1, 0.15) is 29.7 Å². The minimum Gasteiger partial charge on any atom is -0.310 e. The minimum atomic E-state index is 0.240. The molecular formula is C17H18Br2ClN. The van der Waals surface area contributed by atoms with Gasteiger partial charge in [0.25, 0.3) is 0 Å². The van der Waals surface area contributed by atoms with Crippen molar-refractivity contribution >= 4 is 43.5 Å². The summed E-state index contributed by atoms with van der Waals surface area (Å²) in [5.41, 5.74) is 3.60. The normalized spacial score (nSPS) is 12.4. The fourth-order valence-electron chi connectivity index (χ4n) is 2.37. The number of hydrogen-bond acceptors (Lipinski definition) is 1. The number of benzene rings is 2. The van der Waals surface area contributed by atoms with Crippen LogP contribution in [0.3, 0.4) is 0 Å². The number of aryl methyl sites for hydroxylation is 1. The fraction of sp³-hybridized carbons (Fsp3) is 0.294. The Morgan fingerprint density at radius 3 is 2.33 bits per heavy atom. The maximum atomic E-state index is 6.38. The van der Waals surface area contributed by atoms with Crippen LogP contribution in [0, 0.1) is 6.92 Å². The molecule has 0 fully saturated rings. The molecule has 0 aromatic heterocycles. The number of hydrogen-bond donors (Lipinski definition) is 1. The van der Waals surface area contributed by atoms with Gasteiger partial charge in [-0.25, -0.2) is 0 Å². The van der Waals surface area contributed by atoms with E-state index in [4.69, 9.17) is 11.6 Å². The zero-order valence-corrected chi connectivity index (χ0v) is 16.0. The van der Waals surface area contributed by atoms with E-state index in [0.29, 0.717) is 0 Å². The Morgan fingerprint density at radius 1 is 1.10 bits per heavy atom. The van der Waals surface area contributed by atoms with Gasteiger partial charge in [0.05, 0.1) is 0 Å². The van der Waals surface area contributed by atoms with Crippen LogP contribution in [0.5, 0.6) is 0 Å². The largest absolute Gasteiger partial charge is 0.310 e. The monoisotopic (exact) mass is 429 g/mol. The Kier molecular flexibility index (Phi) is 6.30. The van der Waals surface area contributed by atoms with Crippen LogP contribution in [-0.2, 0) is 6.42 Å². The van der Waals surface area contributed by atoms with Crippen LogP contribution in [0.4, 0.5) is 0 Å². The molecule has 1 N–H and O–H groups in total. The molecule has 0 saturated heterocycles. The van der Waals surface area contributed by atoms with Crippen LogP contribution >= 0.6 is 43.5 Å². The lowest BCUT2D eigenvalue weighted by Crippen LogP contribution is -2.23. The average molecular weight is 432 g/mol. The average Bonchev–Trinajstić information content (AvgIpc) is 2.40. The highest BCUT2D eigenvalue weighted by molar-refractivity contribution is 9.11. The highest BCUT2D eigenvalue weighted by Crippen LogP contribution is 2.28. The lowest BCUT2D eigenvalue weighted by atomic mass is 9.98. The van der Waals surface area contributed by atoms with E-state index in [2.05, 4.69) is 75.3 Å². The number of rotatable bonds is 5. The van der Waals surface area contributed by atoms with E-state index in [1.165, 1.54) is 16.7 Å². The second-order valence-corrected chi connectivity index (χ2v) is 7.35. The Hall–Kier alpha value is -0.350. The first kappa shape index (κ1) is 17.0. The van der Waals surface area contributed by atoms with Crippen molar-refractivity contribution in [1.29, 1.82) is 0 Å². The Bertz CT molecular complexity index is 608. The van der Waals surface area contributed by atoms with Crippen LogP contribution in [-0.4, -0.2) is 6.54 Å². The van der Waals surface area contributed by atoms with Crippen LogP contribution < -0.4 is 5.32 Å². The van der Waals surface area contributed by atoms with E-state index in [-0.39, 0.29) is 6.04 Å². The van der Waals surface area contributed by atoms with Crippen molar-refractivity contribution in [2.75, 3.05) is 6.54 Å². The van der Waals surface area contributed by atoms with Gasteiger partial charge >= 0.3 is 0 Å². The molecule has 4 heteroatoms. The van der Waals surface area contributed by atoms with Crippen LogP contribution in [0.2, 0.25) is 5.02 Å². The minimum absolute atomic E-state index is 0.240. The molecule has 0 spiro atoms. The molecule has 112 valence electrons. The summed E-state index contributed by atoms with van der Waals surface area (Å²) in [6, 6.07) is 12.8. The summed E-state index contributed by atoms with van der Waals surface area (Å²) in [6.45, 7) is 5.10. The van der Waals surface area contributed by atoms with E-state index in [0.717, 1.165) is 26.9 Å². The van der Waals surface area contributed by atoms with Gasteiger partial charge in [-0.15, -0.1) is 0 Å². The first-order valence-corrected chi connectivity index (χ1v) is 8.90. The summed E-state index contributed by atoms with van der Waals surface area (Å²) in [6.07, 6.45) is 0.871. The maximum absolute atomic E-state index is 6.38. The first-order chi connectivity index (χ1) is 9.99. The molecule has 0 heterocycles. The summed E-state index contributed by atoms with van der Waals surface area (Å²) in [4.78, 5) is 0. The molecule has 0 amide bonds. The number of nitrogens with one attached hydrogen (secondary N) is 1. The maximum Gasteiger partial charge on any atom is 0.0441 e. The molecule has 1 atom stereocenters. The quantitative estimate of drug-likeness (QED) is 0.606. The van der Waals surface area contributed by atoms with Crippen molar-refractivity contribution in [2.45, 2.75) is 26.3 Å². The SMILES string of the molecule is CCNC(Cc1ccc(C)cc1Cl)c1cc(Br)cc(Br)c1. The number of halogens is 3. The van der Waals surface area contributed by atoms with Crippen molar-refractivity contribution in [1.82, 2.24) is 5.32 Å². The highest BCUT2D eigenvalue weighted by atomic mass is 79.9. The third-order valence-corrected chi connectivity index (χ3v) is 4.64. The molecule has 0 bridgehead atoms. The molecule has 2 rings (SSSR count). The third-order valence-electron chi connectivity index (χ3n) is 3.37. The van der Waals surface area contributed by atoms with Crippen LogP contribution in [0.25, 0.3) is 0 Å². The van der Waals surface area contributed by atoms with E-state index < -0.39 is 0 Å². The standard InChI is InChI=1S/C17H18Br2ClN/c1-3-21-17(13-7-14(18)10-15(19)8-13)9-12-5-4-11(2)6-16(12)20/h4-8,10,17,21H,3,9H2,1-2H3. The van der Waals surface area contributed by atoms with Crippen molar-refractivity contribution in [3.63, 3.8) is 0 Å². The second-order valence-electron chi connectivity index (χ2n) is 5.11. The smallest absolute Gasteiger partial charge is 0.0441 e. The third kappa shape index (κ3) is 4.82. The van der Waals surface area contributed by atoms with Crippen LogP contribution in [0.15, 0.2) is 45.3 Å². The molecule has 0 aliphatic carbocycles. The van der Waals surface area contributed by atoms with Gasteiger partial charge in [-0.1, -0.05) is 62.5 Å². The molecule has 0 radical (unpaired) electrons. The zero-order chi connectivity index (χ0) is 15.4. The van der Waals surface area contributed by atoms with Gasteiger partial charge in [0.1, 0.15) is 0 Å². The topological polar surface area (TPSA) is 12.0 Å². The molecular weight excluding hydrogens is 413 g/mol. The summed E-state index contributed by atoms with van der Waals surface area (Å²) in [5, 5.41) is 4.38. The zero-order valence-electron chi connectivity index (χ0n) is 12.1. The first-order valence-electron chi connectivity index (χ1n) is 6.94. The van der Waals surface area contributed by atoms with Gasteiger partial charge < -0.3 is 5.32 Å². The van der Waals surface area contributed by atoms with Crippen molar-refractivity contribution < 1.29 is 0 Å². The van der Waals surface area contributed by atoms with E-state index >= 15 is 0 Å². The molecule has 1 nitrogen and oxygen atoms in total. The molecule has 1 unspecified atom stereocenters. The van der Waals surface area contributed by atoms with E-state index in [9.17, 15) is 0 Å². The van der Waals surface area contributed by atoms with Crippen molar-refractivity contribution in [2.24, 2.45) is 0 Å². The molecule has 2 aromatic carbocycles. The summed E-state index contributed by atoms with van der Waals surface area (Å²) in [5.74, 6) is 0.